The largest absolute Gasteiger partial charge is 0.456 e. The summed E-state index contributed by atoms with van der Waals surface area (Å²) in [6, 6.07) is 14.7. The molecule has 5 nitrogen and oxygen atoms in total. The molecule has 0 fully saturated rings. The van der Waals surface area contributed by atoms with E-state index in [0.29, 0.717) is 5.56 Å². The lowest BCUT2D eigenvalue weighted by atomic mass is 9.98. The minimum Gasteiger partial charge on any atom is -0.456 e. The molecule has 1 N–H and O–H groups in total. The van der Waals surface area contributed by atoms with Crippen LogP contribution in [0.3, 0.4) is 0 Å². The molecule has 3 rings (SSSR count). The molecule has 0 aromatic heterocycles. The highest BCUT2D eigenvalue weighted by Crippen LogP contribution is 2.25. The molecule has 1 aliphatic carbocycles. The van der Waals surface area contributed by atoms with Crippen LogP contribution in [-0.2, 0) is 14.3 Å². The molecule has 0 bridgehead atoms. The summed E-state index contributed by atoms with van der Waals surface area (Å²) in [4.78, 5) is 24.4. The third-order valence-corrected chi connectivity index (χ3v) is 4.78. The summed E-state index contributed by atoms with van der Waals surface area (Å²) in [5.74, 6) is -0.660. The van der Waals surface area contributed by atoms with Crippen molar-refractivity contribution < 1.29 is 27.8 Å². The van der Waals surface area contributed by atoms with Crippen LogP contribution in [0.4, 0.5) is 8.78 Å². The van der Waals surface area contributed by atoms with Crippen molar-refractivity contribution in [2.45, 2.75) is 31.9 Å². The normalized spacial score (nSPS) is 16.3. The molecule has 2 aromatic rings. The number of esters is 1. The average Bonchev–Trinajstić information content (AvgIpc) is 3.24. The number of carbonyl (C=O) groups is 2. The first kappa shape index (κ1) is 21.5. The Bertz CT molecular complexity index is 869. The van der Waals surface area contributed by atoms with Crippen molar-refractivity contribution in [2.24, 2.45) is 5.92 Å². The zero-order valence-corrected chi connectivity index (χ0v) is 16.3. The van der Waals surface area contributed by atoms with E-state index in [1.807, 2.05) is 42.5 Å². The highest BCUT2D eigenvalue weighted by Gasteiger charge is 2.20. The Labute approximate surface area is 173 Å². The van der Waals surface area contributed by atoms with Crippen molar-refractivity contribution in [3.05, 3.63) is 77.9 Å². The molecule has 2 aromatic carbocycles. The molecule has 0 radical (unpaired) electrons. The van der Waals surface area contributed by atoms with Crippen LogP contribution < -0.4 is 10.1 Å². The number of ether oxygens (including phenoxy) is 2. The van der Waals surface area contributed by atoms with Crippen molar-refractivity contribution in [1.29, 1.82) is 0 Å². The third-order valence-electron chi connectivity index (χ3n) is 4.78. The van der Waals surface area contributed by atoms with E-state index < -0.39 is 24.5 Å². The molecule has 0 heterocycles. The fourth-order valence-electron chi connectivity index (χ4n) is 3.33. The second kappa shape index (κ2) is 10.5. The van der Waals surface area contributed by atoms with Gasteiger partial charge in [0.2, 0.25) is 0 Å². The topological polar surface area (TPSA) is 64.6 Å². The van der Waals surface area contributed by atoms with Gasteiger partial charge in [-0.15, -0.1) is 0 Å². The molecule has 7 heteroatoms. The summed E-state index contributed by atoms with van der Waals surface area (Å²) < 4.78 is 34.2. The number of alkyl halides is 2. The molecule has 0 saturated carbocycles. The standard InChI is InChI=1S/C23H23F2NO4/c24-23(25)30-19-12-10-18(11-13-19)22(17-8-2-1-3-9-17)26-20(27)15-29-21(28)14-16-6-4-5-7-16/h1-4,6,8-13,16,22-23H,5,7,14-15H2,(H,26,27)/t16-,22+/m1/s1. The van der Waals surface area contributed by atoms with Crippen molar-refractivity contribution in [1.82, 2.24) is 5.32 Å². The number of hydrogen-bond donors (Lipinski definition) is 1. The fraction of sp³-hybridized carbons (Fsp3) is 0.304. The van der Waals surface area contributed by atoms with Gasteiger partial charge in [0, 0.05) is 0 Å². The first-order chi connectivity index (χ1) is 14.5. The van der Waals surface area contributed by atoms with Crippen molar-refractivity contribution in [3.63, 3.8) is 0 Å². The molecule has 1 aliphatic rings. The summed E-state index contributed by atoms with van der Waals surface area (Å²) in [6.07, 6.45) is 6.17. The number of hydrogen-bond acceptors (Lipinski definition) is 4. The molecule has 1 amide bonds. The van der Waals surface area contributed by atoms with E-state index >= 15 is 0 Å². The van der Waals surface area contributed by atoms with E-state index in [9.17, 15) is 18.4 Å². The van der Waals surface area contributed by atoms with E-state index in [0.717, 1.165) is 18.4 Å². The van der Waals surface area contributed by atoms with Crippen LogP contribution in [0.5, 0.6) is 5.75 Å². The number of rotatable bonds is 9. The summed E-state index contributed by atoms with van der Waals surface area (Å²) in [5.41, 5.74) is 1.48. The summed E-state index contributed by atoms with van der Waals surface area (Å²) in [5, 5.41) is 2.84. The van der Waals surface area contributed by atoms with Gasteiger partial charge in [-0.25, -0.2) is 0 Å². The van der Waals surface area contributed by atoms with E-state index in [-0.39, 0.29) is 24.7 Å². The van der Waals surface area contributed by atoms with Gasteiger partial charge in [-0.05, 0) is 42.0 Å². The smallest absolute Gasteiger partial charge is 0.387 e. The Morgan fingerprint density at radius 3 is 2.37 bits per heavy atom. The minimum atomic E-state index is -2.91. The number of halogens is 2. The van der Waals surface area contributed by atoms with Crippen LogP contribution in [0.15, 0.2) is 66.7 Å². The first-order valence-corrected chi connectivity index (χ1v) is 9.72. The molecule has 158 valence electrons. The zero-order chi connectivity index (χ0) is 21.3. The summed E-state index contributed by atoms with van der Waals surface area (Å²) in [6.45, 7) is -3.29. The van der Waals surface area contributed by atoms with E-state index in [1.54, 1.807) is 12.1 Å². The second-order valence-corrected chi connectivity index (χ2v) is 6.99. The number of allylic oxidation sites excluding steroid dienone is 2. The van der Waals surface area contributed by atoms with Gasteiger partial charge in [0.1, 0.15) is 5.75 Å². The van der Waals surface area contributed by atoms with Crippen LogP contribution in [0.25, 0.3) is 0 Å². The molecule has 0 aliphatic heterocycles. The molecule has 30 heavy (non-hydrogen) atoms. The van der Waals surface area contributed by atoms with Gasteiger partial charge < -0.3 is 14.8 Å². The molecular weight excluding hydrogens is 392 g/mol. The predicted octanol–water partition coefficient (Wildman–Crippen LogP) is 4.39. The van der Waals surface area contributed by atoms with Gasteiger partial charge in [-0.2, -0.15) is 8.78 Å². The van der Waals surface area contributed by atoms with Crippen LogP contribution in [-0.4, -0.2) is 25.1 Å². The van der Waals surface area contributed by atoms with Crippen molar-refractivity contribution in [2.75, 3.05) is 6.61 Å². The van der Waals surface area contributed by atoms with Crippen LogP contribution in [0.2, 0.25) is 0 Å². The monoisotopic (exact) mass is 415 g/mol. The minimum absolute atomic E-state index is 0.0294. The van der Waals surface area contributed by atoms with Gasteiger partial charge in [0.05, 0.1) is 12.5 Å². The molecule has 0 spiro atoms. The lowest BCUT2D eigenvalue weighted by Gasteiger charge is -2.20. The van der Waals surface area contributed by atoms with Gasteiger partial charge >= 0.3 is 12.6 Å². The maximum Gasteiger partial charge on any atom is 0.387 e. The Morgan fingerprint density at radius 2 is 1.73 bits per heavy atom. The third kappa shape index (κ3) is 6.40. The lowest BCUT2D eigenvalue weighted by molar-refractivity contribution is -0.149. The van der Waals surface area contributed by atoms with Gasteiger partial charge in [-0.1, -0.05) is 54.6 Å². The van der Waals surface area contributed by atoms with Crippen LogP contribution >= 0.6 is 0 Å². The fourth-order valence-corrected chi connectivity index (χ4v) is 3.33. The van der Waals surface area contributed by atoms with Crippen molar-refractivity contribution in [3.8, 4) is 5.75 Å². The molecule has 0 unspecified atom stereocenters. The number of nitrogens with one attached hydrogen (secondary N) is 1. The maximum absolute atomic E-state index is 12.4. The second-order valence-electron chi connectivity index (χ2n) is 6.99. The van der Waals surface area contributed by atoms with Gasteiger partial charge in [-0.3, -0.25) is 9.59 Å². The molecule has 2 atom stereocenters. The highest BCUT2D eigenvalue weighted by atomic mass is 19.3. The lowest BCUT2D eigenvalue weighted by Crippen LogP contribution is -2.33. The van der Waals surface area contributed by atoms with Gasteiger partial charge in [0.25, 0.3) is 5.91 Å². The molecule has 0 saturated heterocycles. The maximum atomic E-state index is 12.4. The highest BCUT2D eigenvalue weighted by molar-refractivity contribution is 5.81. The number of benzene rings is 2. The number of amides is 1. The van der Waals surface area contributed by atoms with Crippen LogP contribution in [0.1, 0.15) is 36.4 Å². The Balaban J connectivity index is 1.63. The van der Waals surface area contributed by atoms with Crippen LogP contribution in [0, 0.1) is 5.92 Å². The van der Waals surface area contributed by atoms with E-state index in [2.05, 4.69) is 10.1 Å². The van der Waals surface area contributed by atoms with Crippen molar-refractivity contribution >= 4 is 11.9 Å². The van der Waals surface area contributed by atoms with E-state index in [1.165, 1.54) is 12.1 Å². The zero-order valence-electron chi connectivity index (χ0n) is 16.3. The Hall–Kier alpha value is -3.22. The quantitative estimate of drug-likeness (QED) is 0.487. The number of carbonyl (C=O) groups excluding carboxylic acids is 2. The average molecular weight is 415 g/mol. The SMILES string of the molecule is O=C(COC(=O)C[C@@H]1C=CCC1)N[C@@H](c1ccccc1)c1ccc(OC(F)F)cc1. The first-order valence-electron chi connectivity index (χ1n) is 9.72. The Kier molecular flexibility index (Phi) is 7.54. The Morgan fingerprint density at radius 1 is 1.03 bits per heavy atom. The van der Waals surface area contributed by atoms with Gasteiger partial charge in [0.15, 0.2) is 6.61 Å². The summed E-state index contributed by atoms with van der Waals surface area (Å²) >= 11 is 0. The molecular formula is C23H23F2NO4. The van der Waals surface area contributed by atoms with E-state index in [4.69, 9.17) is 4.74 Å². The summed E-state index contributed by atoms with van der Waals surface area (Å²) in [7, 11) is 0. The predicted molar refractivity (Wildman–Crippen MR) is 107 cm³/mol.